The van der Waals surface area contributed by atoms with Crippen LogP contribution in [-0.4, -0.2) is 21.0 Å². The maximum Gasteiger partial charge on any atom is 0.240 e. The van der Waals surface area contributed by atoms with E-state index in [1.54, 1.807) is 4.68 Å². The molecule has 0 spiro atoms. The van der Waals surface area contributed by atoms with E-state index in [1.807, 2.05) is 66.9 Å². The second-order valence-corrected chi connectivity index (χ2v) is 5.22. The molecule has 21 heavy (non-hydrogen) atoms. The largest absolute Gasteiger partial charge is 0.492 e. The first-order valence-electron chi connectivity index (χ1n) is 6.53. The van der Waals surface area contributed by atoms with E-state index in [1.165, 1.54) is 11.8 Å². The number of rotatable bonds is 4. The zero-order chi connectivity index (χ0) is 14.7. The van der Waals surface area contributed by atoms with Gasteiger partial charge in [-0.05, 0) is 18.4 Å². The van der Waals surface area contributed by atoms with E-state index >= 15 is 0 Å². The predicted molar refractivity (Wildman–Crippen MR) is 86.6 cm³/mol. The molecule has 0 atom stereocenters. The fourth-order valence-electron chi connectivity index (χ4n) is 2.06. The third-order valence-electron chi connectivity index (χ3n) is 3.07. The fraction of sp³-hybridized carbons (Fsp3) is 0.0625. The molecule has 0 amide bonds. The minimum absolute atomic E-state index is 0.106. The predicted octanol–water partition coefficient (Wildman–Crippen LogP) is 3.85. The lowest BCUT2D eigenvalue weighted by Gasteiger charge is -2.10. The number of benzene rings is 2. The van der Waals surface area contributed by atoms with Crippen LogP contribution >= 0.6 is 11.8 Å². The first-order valence-corrected chi connectivity index (χ1v) is 7.75. The normalized spacial score (nSPS) is 10.5. The van der Waals surface area contributed by atoms with Crippen molar-refractivity contribution >= 4 is 17.4 Å². The Balaban J connectivity index is 2.03. The highest BCUT2D eigenvalue weighted by atomic mass is 32.2. The number of nitrogens with one attached hydrogen (secondary N) is 1. The van der Waals surface area contributed by atoms with E-state index in [4.69, 9.17) is 0 Å². The molecule has 0 unspecified atom stereocenters. The summed E-state index contributed by atoms with van der Waals surface area (Å²) >= 11 is 1.47. The van der Waals surface area contributed by atoms with Crippen LogP contribution in [0.5, 0.6) is 5.88 Å². The Bertz CT molecular complexity index is 726. The molecule has 0 saturated carbocycles. The number of hydrogen-bond donors (Lipinski definition) is 2. The summed E-state index contributed by atoms with van der Waals surface area (Å²) in [5.74, 6) is 0.106. The Kier molecular flexibility index (Phi) is 3.83. The lowest BCUT2D eigenvalue weighted by molar-refractivity contribution is 0.432. The molecule has 5 heteroatoms. The average molecular weight is 297 g/mol. The summed E-state index contributed by atoms with van der Waals surface area (Å²) < 4.78 is 1.60. The van der Waals surface area contributed by atoms with Crippen molar-refractivity contribution in [2.75, 3.05) is 11.7 Å². The highest BCUT2D eigenvalue weighted by Crippen LogP contribution is 2.32. The first-order chi connectivity index (χ1) is 10.3. The SMILES string of the molecule is CSc1nc(-c2ccccc2)c(O)n1Nc1ccccc1. The third-order valence-corrected chi connectivity index (χ3v) is 3.71. The van der Waals surface area contributed by atoms with Crippen molar-refractivity contribution in [2.45, 2.75) is 5.16 Å². The van der Waals surface area contributed by atoms with Crippen LogP contribution in [0.2, 0.25) is 0 Å². The minimum atomic E-state index is 0.106. The fourth-order valence-corrected chi connectivity index (χ4v) is 2.56. The second-order valence-electron chi connectivity index (χ2n) is 4.45. The Morgan fingerprint density at radius 3 is 2.24 bits per heavy atom. The molecule has 0 radical (unpaired) electrons. The Morgan fingerprint density at radius 1 is 1.00 bits per heavy atom. The first kappa shape index (κ1) is 13.6. The van der Waals surface area contributed by atoms with Crippen molar-refractivity contribution in [1.82, 2.24) is 9.66 Å². The van der Waals surface area contributed by atoms with E-state index in [-0.39, 0.29) is 5.88 Å². The summed E-state index contributed by atoms with van der Waals surface area (Å²) in [6.07, 6.45) is 1.93. The van der Waals surface area contributed by atoms with Gasteiger partial charge in [0.05, 0.1) is 5.69 Å². The van der Waals surface area contributed by atoms with Crippen LogP contribution in [0.15, 0.2) is 65.8 Å². The highest BCUT2D eigenvalue weighted by Gasteiger charge is 2.17. The Hall–Kier alpha value is -2.40. The number of aromatic nitrogens is 2. The lowest BCUT2D eigenvalue weighted by Crippen LogP contribution is -2.09. The van der Waals surface area contributed by atoms with Crippen molar-refractivity contribution in [3.05, 3.63) is 60.7 Å². The third kappa shape index (κ3) is 2.73. The summed E-state index contributed by atoms with van der Waals surface area (Å²) in [6, 6.07) is 19.4. The summed E-state index contributed by atoms with van der Waals surface area (Å²) in [7, 11) is 0. The topological polar surface area (TPSA) is 50.1 Å². The Labute approximate surface area is 127 Å². The molecule has 4 nitrogen and oxygen atoms in total. The van der Waals surface area contributed by atoms with Crippen LogP contribution in [0.3, 0.4) is 0 Å². The zero-order valence-electron chi connectivity index (χ0n) is 11.5. The standard InChI is InChI=1S/C16H15N3OS/c1-21-16-17-14(12-8-4-2-5-9-12)15(20)19(16)18-13-10-6-3-7-11-13/h2-11,18,20H,1H3. The van der Waals surface area contributed by atoms with Crippen molar-refractivity contribution in [2.24, 2.45) is 0 Å². The van der Waals surface area contributed by atoms with Crippen LogP contribution in [0.25, 0.3) is 11.3 Å². The number of para-hydroxylation sites is 1. The molecule has 0 saturated heterocycles. The zero-order valence-corrected chi connectivity index (χ0v) is 12.3. The smallest absolute Gasteiger partial charge is 0.240 e. The minimum Gasteiger partial charge on any atom is -0.492 e. The van der Waals surface area contributed by atoms with Gasteiger partial charge in [0.2, 0.25) is 5.88 Å². The number of imidazole rings is 1. The van der Waals surface area contributed by atoms with Crippen molar-refractivity contribution in [3.63, 3.8) is 0 Å². The van der Waals surface area contributed by atoms with Crippen LogP contribution < -0.4 is 5.43 Å². The van der Waals surface area contributed by atoms with Crippen LogP contribution in [0, 0.1) is 0 Å². The van der Waals surface area contributed by atoms with Crippen LogP contribution in [-0.2, 0) is 0 Å². The molecule has 2 N–H and O–H groups in total. The number of nitrogens with zero attached hydrogens (tertiary/aromatic N) is 2. The molecule has 3 aromatic rings. The maximum absolute atomic E-state index is 10.5. The summed E-state index contributed by atoms with van der Waals surface area (Å²) in [5.41, 5.74) is 5.51. The number of aromatic hydroxyl groups is 1. The molecule has 0 bridgehead atoms. The monoisotopic (exact) mass is 297 g/mol. The van der Waals surface area contributed by atoms with E-state index in [9.17, 15) is 5.11 Å². The van der Waals surface area contributed by atoms with E-state index in [0.717, 1.165) is 11.3 Å². The van der Waals surface area contributed by atoms with Gasteiger partial charge in [-0.3, -0.25) is 5.43 Å². The molecule has 0 aliphatic heterocycles. The van der Waals surface area contributed by atoms with E-state index in [2.05, 4.69) is 10.4 Å². The number of hydrogen-bond acceptors (Lipinski definition) is 4. The van der Waals surface area contributed by atoms with Gasteiger partial charge in [-0.1, -0.05) is 60.3 Å². The van der Waals surface area contributed by atoms with Crippen molar-refractivity contribution in [3.8, 4) is 17.1 Å². The highest BCUT2D eigenvalue weighted by molar-refractivity contribution is 7.98. The average Bonchev–Trinajstić information content (AvgIpc) is 2.86. The van der Waals surface area contributed by atoms with Gasteiger partial charge < -0.3 is 5.11 Å². The maximum atomic E-state index is 10.5. The molecule has 1 aromatic heterocycles. The van der Waals surface area contributed by atoms with Crippen molar-refractivity contribution < 1.29 is 5.11 Å². The van der Waals surface area contributed by atoms with Crippen LogP contribution in [0.4, 0.5) is 5.69 Å². The summed E-state index contributed by atoms with van der Waals surface area (Å²) in [5, 5.41) is 11.2. The van der Waals surface area contributed by atoms with Gasteiger partial charge in [0.1, 0.15) is 5.69 Å². The molecular formula is C16H15N3OS. The van der Waals surface area contributed by atoms with E-state index in [0.29, 0.717) is 10.9 Å². The molecule has 0 aliphatic rings. The van der Waals surface area contributed by atoms with Gasteiger partial charge >= 0.3 is 0 Å². The number of anilines is 1. The summed E-state index contributed by atoms with van der Waals surface area (Å²) in [6.45, 7) is 0. The molecule has 1 heterocycles. The van der Waals surface area contributed by atoms with Gasteiger partial charge in [0.15, 0.2) is 5.16 Å². The summed E-state index contributed by atoms with van der Waals surface area (Å²) in [4.78, 5) is 4.51. The van der Waals surface area contributed by atoms with Gasteiger partial charge in [-0.2, -0.15) is 4.68 Å². The van der Waals surface area contributed by atoms with Gasteiger partial charge in [0, 0.05) is 5.56 Å². The van der Waals surface area contributed by atoms with Gasteiger partial charge in [0.25, 0.3) is 0 Å². The van der Waals surface area contributed by atoms with Crippen LogP contribution in [0.1, 0.15) is 0 Å². The molecule has 0 fully saturated rings. The quantitative estimate of drug-likeness (QED) is 0.718. The molecular weight excluding hydrogens is 282 g/mol. The lowest BCUT2D eigenvalue weighted by atomic mass is 10.2. The molecule has 3 rings (SSSR count). The van der Waals surface area contributed by atoms with Gasteiger partial charge in [-0.15, -0.1) is 0 Å². The number of thioether (sulfide) groups is 1. The van der Waals surface area contributed by atoms with Gasteiger partial charge in [-0.25, -0.2) is 4.98 Å². The molecule has 2 aromatic carbocycles. The molecule has 0 aliphatic carbocycles. The Morgan fingerprint density at radius 2 is 1.62 bits per heavy atom. The van der Waals surface area contributed by atoms with E-state index < -0.39 is 0 Å². The van der Waals surface area contributed by atoms with Crippen molar-refractivity contribution in [1.29, 1.82) is 0 Å². The molecule has 106 valence electrons. The second kappa shape index (κ2) is 5.93.